The highest BCUT2D eigenvalue weighted by atomic mass is 19.3. The number of anilines is 1. The summed E-state index contributed by atoms with van der Waals surface area (Å²) in [7, 11) is 0. The minimum atomic E-state index is -2.93. The van der Waals surface area contributed by atoms with Crippen LogP contribution in [0.3, 0.4) is 0 Å². The fourth-order valence-electron chi connectivity index (χ4n) is 3.11. The lowest BCUT2D eigenvalue weighted by atomic mass is 10.2. The van der Waals surface area contributed by atoms with E-state index in [1.165, 1.54) is 36.8 Å². The summed E-state index contributed by atoms with van der Waals surface area (Å²) in [6.07, 6.45) is 4.30. The molecule has 1 fully saturated rings. The van der Waals surface area contributed by atoms with Gasteiger partial charge >= 0.3 is 6.61 Å². The summed E-state index contributed by atoms with van der Waals surface area (Å²) >= 11 is 0. The number of carbonyl (C=O) groups is 2. The quantitative estimate of drug-likeness (QED) is 0.445. The van der Waals surface area contributed by atoms with E-state index in [1.807, 2.05) is 0 Å². The van der Waals surface area contributed by atoms with Crippen LogP contribution in [0.25, 0.3) is 0 Å². The summed E-state index contributed by atoms with van der Waals surface area (Å²) in [6, 6.07) is 5.91. The summed E-state index contributed by atoms with van der Waals surface area (Å²) in [5.41, 5.74) is 0.355. The number of ether oxygens (including phenoxy) is 3. The second-order valence-electron chi connectivity index (χ2n) is 7.63. The Kier molecular flexibility index (Phi) is 7.45. The molecule has 4 rings (SSSR count). The molecule has 1 saturated heterocycles. The lowest BCUT2D eigenvalue weighted by molar-refractivity contribution is -0.142. The zero-order chi connectivity index (χ0) is 24.8. The van der Waals surface area contributed by atoms with Gasteiger partial charge in [-0.15, -0.1) is 0 Å². The van der Waals surface area contributed by atoms with Gasteiger partial charge in [0.2, 0.25) is 5.88 Å². The van der Waals surface area contributed by atoms with Gasteiger partial charge in [0.05, 0.1) is 25.2 Å². The Morgan fingerprint density at radius 1 is 1.17 bits per heavy atom. The zero-order valence-electron chi connectivity index (χ0n) is 18.6. The van der Waals surface area contributed by atoms with Crippen LogP contribution < -0.4 is 14.8 Å². The van der Waals surface area contributed by atoms with Crippen molar-refractivity contribution in [2.45, 2.75) is 26.1 Å². The molecular formula is C22H22F2N6O5. The Labute approximate surface area is 198 Å². The van der Waals surface area contributed by atoms with Gasteiger partial charge in [-0.1, -0.05) is 0 Å². The van der Waals surface area contributed by atoms with Gasteiger partial charge in [-0.25, -0.2) is 9.97 Å². The molecule has 0 radical (unpaired) electrons. The summed E-state index contributed by atoms with van der Waals surface area (Å²) in [5.74, 6) is 0.105. The second-order valence-corrected chi connectivity index (χ2v) is 7.63. The van der Waals surface area contributed by atoms with Gasteiger partial charge in [-0.05, 0) is 25.5 Å². The van der Waals surface area contributed by atoms with E-state index >= 15 is 0 Å². The maximum Gasteiger partial charge on any atom is 0.345 e. The minimum absolute atomic E-state index is 0.0799. The highest BCUT2D eigenvalue weighted by Gasteiger charge is 2.23. The van der Waals surface area contributed by atoms with Crippen molar-refractivity contribution in [1.29, 1.82) is 0 Å². The van der Waals surface area contributed by atoms with Gasteiger partial charge in [0.15, 0.2) is 0 Å². The molecule has 1 unspecified atom stereocenters. The topological polar surface area (TPSA) is 132 Å². The lowest BCUT2D eigenvalue weighted by Crippen LogP contribution is -2.42. The third-order valence-electron chi connectivity index (χ3n) is 4.90. The van der Waals surface area contributed by atoms with Crippen molar-refractivity contribution < 1.29 is 32.6 Å². The van der Waals surface area contributed by atoms with Crippen molar-refractivity contribution in [2.75, 3.05) is 25.0 Å². The van der Waals surface area contributed by atoms with Crippen LogP contribution in [0.5, 0.6) is 17.4 Å². The average molecular weight is 488 g/mol. The maximum absolute atomic E-state index is 12.7. The molecule has 1 aliphatic rings. The summed E-state index contributed by atoms with van der Waals surface area (Å²) in [5, 5.41) is 9.01. The number of H-pyrrole nitrogens is 1. The minimum Gasteiger partial charge on any atom is -0.488 e. The third-order valence-corrected chi connectivity index (χ3v) is 4.90. The maximum atomic E-state index is 12.7. The molecule has 3 heterocycles. The van der Waals surface area contributed by atoms with E-state index in [9.17, 15) is 18.4 Å². The number of carbonyl (C=O) groups excluding carboxylic acids is 2. The SMILES string of the molecule is CC(COC(F)F)Oc1cc(Oc2cnc(C(=O)N3CCC3)cn2)cc(C(=O)Nc2ccn[nH]2)c1. The van der Waals surface area contributed by atoms with Crippen molar-refractivity contribution in [2.24, 2.45) is 0 Å². The number of rotatable bonds is 10. The van der Waals surface area contributed by atoms with Gasteiger partial charge in [-0.2, -0.15) is 13.9 Å². The van der Waals surface area contributed by atoms with Crippen molar-refractivity contribution in [3.8, 4) is 17.4 Å². The standard InChI is InChI=1S/C22H22F2N6O5/c1-13(12-33-22(23)24)34-15-7-14(20(31)28-18-3-4-27-29-18)8-16(9-15)35-19-11-25-17(10-26-19)21(32)30-5-2-6-30/h3-4,7-11,13,22H,2,5-6,12H2,1H3,(H2,27,28,29,31). The van der Waals surface area contributed by atoms with Crippen LogP contribution in [0.2, 0.25) is 0 Å². The van der Waals surface area contributed by atoms with Gasteiger partial charge in [0, 0.05) is 30.8 Å². The molecule has 11 nitrogen and oxygen atoms in total. The first-order valence-corrected chi connectivity index (χ1v) is 10.7. The smallest absolute Gasteiger partial charge is 0.345 e. The number of nitrogens with one attached hydrogen (secondary N) is 2. The predicted octanol–water partition coefficient (Wildman–Crippen LogP) is 3.10. The summed E-state index contributed by atoms with van der Waals surface area (Å²) in [6.45, 7) is -0.373. The molecule has 0 aliphatic carbocycles. The number of aromatic amines is 1. The van der Waals surface area contributed by atoms with E-state index in [-0.39, 0.29) is 41.2 Å². The molecule has 1 aromatic carbocycles. The van der Waals surface area contributed by atoms with Crippen molar-refractivity contribution in [1.82, 2.24) is 25.1 Å². The fraction of sp³-hybridized carbons (Fsp3) is 0.318. The van der Waals surface area contributed by atoms with Crippen LogP contribution in [-0.2, 0) is 4.74 Å². The van der Waals surface area contributed by atoms with Crippen molar-refractivity contribution in [3.05, 3.63) is 54.1 Å². The van der Waals surface area contributed by atoms with Crippen LogP contribution in [-0.4, -0.2) is 69.3 Å². The molecule has 2 amide bonds. The molecular weight excluding hydrogens is 466 g/mol. The number of benzene rings is 1. The Bertz CT molecular complexity index is 1160. The Morgan fingerprint density at radius 2 is 1.97 bits per heavy atom. The van der Waals surface area contributed by atoms with Gasteiger partial charge < -0.3 is 24.4 Å². The van der Waals surface area contributed by atoms with Crippen LogP contribution in [0.15, 0.2) is 42.9 Å². The molecule has 0 saturated carbocycles. The number of nitrogens with zero attached hydrogens (tertiary/aromatic N) is 4. The Hall–Kier alpha value is -4.13. The number of alkyl halides is 2. The molecule has 1 atom stereocenters. The first-order valence-electron chi connectivity index (χ1n) is 10.7. The van der Waals surface area contributed by atoms with E-state index in [0.717, 1.165) is 6.42 Å². The van der Waals surface area contributed by atoms with E-state index < -0.39 is 18.6 Å². The number of amides is 2. The largest absolute Gasteiger partial charge is 0.488 e. The van der Waals surface area contributed by atoms with Crippen molar-refractivity contribution in [3.63, 3.8) is 0 Å². The van der Waals surface area contributed by atoms with Crippen LogP contribution in [0.4, 0.5) is 14.6 Å². The van der Waals surface area contributed by atoms with Gasteiger partial charge in [0.1, 0.15) is 29.1 Å². The first kappa shape index (κ1) is 24.0. The zero-order valence-corrected chi connectivity index (χ0v) is 18.6. The molecule has 2 aromatic heterocycles. The Balaban J connectivity index is 1.52. The predicted molar refractivity (Wildman–Crippen MR) is 118 cm³/mol. The molecule has 184 valence electrons. The van der Waals surface area contributed by atoms with Gasteiger partial charge in [-0.3, -0.25) is 14.7 Å². The average Bonchev–Trinajstić information content (AvgIpc) is 3.30. The van der Waals surface area contributed by atoms with Gasteiger partial charge in [0.25, 0.3) is 11.8 Å². The number of likely N-dealkylation sites (tertiary alicyclic amines) is 1. The number of hydrogen-bond donors (Lipinski definition) is 2. The van der Waals surface area contributed by atoms with Crippen molar-refractivity contribution >= 4 is 17.6 Å². The molecule has 13 heteroatoms. The van der Waals surface area contributed by atoms with Crippen LogP contribution in [0.1, 0.15) is 34.2 Å². The summed E-state index contributed by atoms with van der Waals surface area (Å²) in [4.78, 5) is 34.9. The van der Waals surface area contributed by atoms with Crippen LogP contribution >= 0.6 is 0 Å². The number of aromatic nitrogens is 4. The molecule has 0 spiro atoms. The third kappa shape index (κ3) is 6.47. The monoisotopic (exact) mass is 488 g/mol. The lowest BCUT2D eigenvalue weighted by Gasteiger charge is -2.30. The molecule has 0 bridgehead atoms. The highest BCUT2D eigenvalue weighted by molar-refractivity contribution is 6.04. The summed E-state index contributed by atoms with van der Waals surface area (Å²) < 4.78 is 40.3. The molecule has 2 N–H and O–H groups in total. The second kappa shape index (κ2) is 10.9. The normalized spacial score (nSPS) is 13.8. The van der Waals surface area contributed by atoms with Crippen LogP contribution in [0, 0.1) is 0 Å². The highest BCUT2D eigenvalue weighted by Crippen LogP contribution is 2.28. The van der Waals surface area contributed by atoms with E-state index in [2.05, 4.69) is 30.2 Å². The molecule has 35 heavy (non-hydrogen) atoms. The van der Waals surface area contributed by atoms with E-state index in [4.69, 9.17) is 9.47 Å². The number of hydrogen-bond acceptors (Lipinski definition) is 8. The molecule has 3 aromatic rings. The fourth-order valence-corrected chi connectivity index (χ4v) is 3.11. The molecule has 1 aliphatic heterocycles. The Morgan fingerprint density at radius 3 is 2.60 bits per heavy atom. The number of halogens is 2. The first-order chi connectivity index (χ1) is 16.9. The van der Waals surface area contributed by atoms with E-state index in [0.29, 0.717) is 18.9 Å². The van der Waals surface area contributed by atoms with E-state index in [1.54, 1.807) is 17.9 Å².